The van der Waals surface area contributed by atoms with Crippen molar-refractivity contribution in [2.45, 2.75) is 46.5 Å². The lowest BCUT2D eigenvalue weighted by atomic mass is 9.91. The molecule has 1 unspecified atom stereocenters. The van der Waals surface area contributed by atoms with Crippen LogP contribution in [0.15, 0.2) is 83.7 Å². The van der Waals surface area contributed by atoms with Crippen LogP contribution in [0.3, 0.4) is 0 Å². The molecule has 0 bridgehead atoms. The number of nitrogens with one attached hydrogen (secondary N) is 4. The highest BCUT2D eigenvalue weighted by molar-refractivity contribution is 5.95. The predicted molar refractivity (Wildman–Crippen MR) is 171 cm³/mol. The van der Waals surface area contributed by atoms with Crippen molar-refractivity contribution in [3.8, 4) is 11.8 Å². The molecule has 1 aromatic heterocycles. The summed E-state index contributed by atoms with van der Waals surface area (Å²) >= 11 is 0. The Hall–Kier alpha value is -4.28. The summed E-state index contributed by atoms with van der Waals surface area (Å²) in [5, 5.41) is 10.5. The number of benzene rings is 2. The molecular formula is C35H43N5O2. The highest BCUT2D eigenvalue weighted by Crippen LogP contribution is 2.23. The van der Waals surface area contributed by atoms with Gasteiger partial charge in [0.25, 0.3) is 5.91 Å². The standard InChI is InChI=1S/C35H43N5O2/c1-4-6-14-28(5-2)32(34(41)40-21-19-36-20-22-40)24-30(23-27-12-8-7-9-13-27)26(3)39-35(42)37-18-17-29-25-38-33-16-11-10-15-31(29)33/h7-13,15-16,24-25,28,36,38H,4-5,17-23H2,1-3H3,(H2,37,39,42)/b30-26+,32-24+. The number of H-pyrrole nitrogens is 1. The van der Waals surface area contributed by atoms with E-state index in [2.05, 4.69) is 57.9 Å². The first kappa shape index (κ1) is 30.7. The number of fused-ring (bicyclic) bond motifs is 1. The van der Waals surface area contributed by atoms with E-state index >= 15 is 0 Å². The second-order valence-corrected chi connectivity index (χ2v) is 10.6. The Morgan fingerprint density at radius 1 is 1.05 bits per heavy atom. The Kier molecular flexibility index (Phi) is 11.4. The fourth-order valence-corrected chi connectivity index (χ4v) is 5.23. The van der Waals surface area contributed by atoms with E-state index < -0.39 is 0 Å². The van der Waals surface area contributed by atoms with E-state index in [0.29, 0.717) is 43.7 Å². The van der Waals surface area contributed by atoms with Gasteiger partial charge in [-0.15, -0.1) is 5.92 Å². The van der Waals surface area contributed by atoms with Crippen LogP contribution in [-0.4, -0.2) is 54.5 Å². The monoisotopic (exact) mass is 565 g/mol. The van der Waals surface area contributed by atoms with Crippen molar-refractivity contribution in [2.75, 3.05) is 32.7 Å². The van der Waals surface area contributed by atoms with Crippen molar-refractivity contribution in [2.24, 2.45) is 5.92 Å². The highest BCUT2D eigenvalue weighted by Gasteiger charge is 2.25. The van der Waals surface area contributed by atoms with Gasteiger partial charge in [0, 0.05) is 67.5 Å². The maximum Gasteiger partial charge on any atom is 0.318 e. The molecule has 4 N–H and O–H groups in total. The van der Waals surface area contributed by atoms with Crippen molar-refractivity contribution in [3.05, 3.63) is 94.8 Å². The summed E-state index contributed by atoms with van der Waals surface area (Å²) in [6, 6.07) is 18.0. The fraction of sp³-hybridized carbons (Fsp3) is 0.371. The van der Waals surface area contributed by atoms with Crippen molar-refractivity contribution >= 4 is 22.8 Å². The minimum absolute atomic E-state index is 0.0234. The lowest BCUT2D eigenvalue weighted by Gasteiger charge is -2.30. The summed E-state index contributed by atoms with van der Waals surface area (Å²) < 4.78 is 0. The van der Waals surface area contributed by atoms with Crippen LogP contribution < -0.4 is 16.0 Å². The number of aromatic amines is 1. The molecule has 7 nitrogen and oxygen atoms in total. The molecule has 0 spiro atoms. The van der Waals surface area contributed by atoms with Crippen molar-refractivity contribution in [1.82, 2.24) is 25.8 Å². The Balaban J connectivity index is 1.58. The number of carbonyl (C=O) groups is 2. The van der Waals surface area contributed by atoms with Crippen LogP contribution in [-0.2, 0) is 17.6 Å². The summed E-state index contributed by atoms with van der Waals surface area (Å²) in [5.74, 6) is 6.37. The van der Waals surface area contributed by atoms with E-state index in [1.54, 1.807) is 0 Å². The summed E-state index contributed by atoms with van der Waals surface area (Å²) in [6.45, 7) is 9.39. The Morgan fingerprint density at radius 3 is 2.52 bits per heavy atom. The number of hydrogen-bond donors (Lipinski definition) is 4. The zero-order valence-corrected chi connectivity index (χ0v) is 25.1. The van der Waals surface area contributed by atoms with Crippen LogP contribution >= 0.6 is 0 Å². The third-order valence-corrected chi connectivity index (χ3v) is 7.59. The van der Waals surface area contributed by atoms with Gasteiger partial charge in [0.1, 0.15) is 0 Å². The number of amides is 3. The SMILES string of the molecule is CCC#CC(CC)/C(=C\C(Cc1ccccc1)=C(/C)NC(=O)NCCc1c[nH]c2ccccc12)C(=O)N1CCNCC1. The van der Waals surface area contributed by atoms with Crippen molar-refractivity contribution < 1.29 is 9.59 Å². The van der Waals surface area contributed by atoms with Crippen LogP contribution in [0.4, 0.5) is 4.79 Å². The van der Waals surface area contributed by atoms with Gasteiger partial charge in [0.15, 0.2) is 0 Å². The summed E-state index contributed by atoms with van der Waals surface area (Å²) in [5.41, 5.74) is 5.66. The third kappa shape index (κ3) is 8.37. The molecule has 1 fully saturated rings. The first-order chi connectivity index (χ1) is 20.5. The van der Waals surface area contributed by atoms with E-state index in [4.69, 9.17) is 0 Å². The Morgan fingerprint density at radius 2 is 1.79 bits per heavy atom. The van der Waals surface area contributed by atoms with Gasteiger partial charge >= 0.3 is 6.03 Å². The normalized spacial score (nSPS) is 14.9. The average molecular weight is 566 g/mol. The molecule has 2 heterocycles. The molecule has 0 saturated carbocycles. The zero-order chi connectivity index (χ0) is 29.7. The molecule has 0 aliphatic carbocycles. The second kappa shape index (κ2) is 15.6. The van der Waals surface area contributed by atoms with Gasteiger partial charge in [-0.2, -0.15) is 0 Å². The van der Waals surface area contributed by atoms with Crippen molar-refractivity contribution in [3.63, 3.8) is 0 Å². The largest absolute Gasteiger partial charge is 0.361 e. The molecule has 42 heavy (non-hydrogen) atoms. The number of hydrogen-bond acceptors (Lipinski definition) is 3. The molecule has 1 aliphatic heterocycles. The number of carbonyl (C=O) groups excluding carboxylic acids is 2. The molecule has 3 aromatic rings. The van der Waals surface area contributed by atoms with Crippen LogP contribution in [0.25, 0.3) is 10.9 Å². The number of allylic oxidation sites excluding steroid dienone is 3. The number of piperazine rings is 1. The van der Waals surface area contributed by atoms with E-state index in [-0.39, 0.29) is 17.9 Å². The minimum Gasteiger partial charge on any atom is -0.361 e. The van der Waals surface area contributed by atoms with Crippen LogP contribution in [0, 0.1) is 17.8 Å². The van der Waals surface area contributed by atoms with Gasteiger partial charge in [-0.1, -0.05) is 68.3 Å². The van der Waals surface area contributed by atoms with Crippen LogP contribution in [0.5, 0.6) is 0 Å². The number of nitrogens with zero attached hydrogens (tertiary/aromatic N) is 1. The molecule has 0 radical (unpaired) electrons. The van der Waals surface area contributed by atoms with Crippen LogP contribution in [0.2, 0.25) is 0 Å². The number of para-hydroxylation sites is 1. The highest BCUT2D eigenvalue weighted by atomic mass is 16.2. The second-order valence-electron chi connectivity index (χ2n) is 10.6. The molecule has 3 amide bonds. The summed E-state index contributed by atoms with van der Waals surface area (Å²) in [6.07, 6.45) is 6.75. The maximum absolute atomic E-state index is 13.9. The zero-order valence-electron chi connectivity index (χ0n) is 25.1. The van der Waals surface area contributed by atoms with Crippen LogP contribution in [0.1, 0.15) is 44.7 Å². The van der Waals surface area contributed by atoms with Gasteiger partial charge in [0.2, 0.25) is 0 Å². The average Bonchev–Trinajstić information content (AvgIpc) is 3.43. The lowest BCUT2D eigenvalue weighted by molar-refractivity contribution is -0.128. The molecule has 1 aliphatic rings. The van der Waals surface area contributed by atoms with E-state index in [9.17, 15) is 9.59 Å². The van der Waals surface area contributed by atoms with Gasteiger partial charge in [-0.3, -0.25) is 4.79 Å². The lowest BCUT2D eigenvalue weighted by Crippen LogP contribution is -2.47. The number of rotatable bonds is 10. The first-order valence-corrected chi connectivity index (χ1v) is 15.0. The maximum atomic E-state index is 13.9. The van der Waals surface area contributed by atoms with Gasteiger partial charge in [-0.05, 0) is 55.0 Å². The predicted octanol–water partition coefficient (Wildman–Crippen LogP) is 5.32. The number of urea groups is 1. The molecule has 7 heteroatoms. The molecule has 4 rings (SSSR count). The molecule has 220 valence electrons. The Labute approximate surface area is 249 Å². The summed E-state index contributed by atoms with van der Waals surface area (Å²) in [7, 11) is 0. The van der Waals surface area contributed by atoms with Crippen molar-refractivity contribution in [1.29, 1.82) is 0 Å². The molecular weight excluding hydrogens is 522 g/mol. The fourth-order valence-electron chi connectivity index (χ4n) is 5.23. The quantitative estimate of drug-likeness (QED) is 0.152. The Bertz CT molecular complexity index is 1470. The van der Waals surface area contributed by atoms with E-state index in [1.165, 1.54) is 10.9 Å². The smallest absolute Gasteiger partial charge is 0.318 e. The summed E-state index contributed by atoms with van der Waals surface area (Å²) in [4.78, 5) is 32.1. The molecule has 1 saturated heterocycles. The first-order valence-electron chi connectivity index (χ1n) is 15.0. The third-order valence-electron chi connectivity index (χ3n) is 7.59. The molecule has 1 atom stereocenters. The number of aromatic nitrogens is 1. The van der Waals surface area contributed by atoms with Gasteiger partial charge in [-0.25, -0.2) is 4.79 Å². The topological polar surface area (TPSA) is 89.3 Å². The van der Waals surface area contributed by atoms with Gasteiger partial charge in [0.05, 0.1) is 5.92 Å². The van der Waals surface area contributed by atoms with Gasteiger partial charge < -0.3 is 25.8 Å². The van der Waals surface area contributed by atoms with E-state index in [0.717, 1.165) is 42.6 Å². The minimum atomic E-state index is -0.265. The van der Waals surface area contributed by atoms with E-state index in [1.807, 2.05) is 67.4 Å². The molecule has 2 aromatic carbocycles.